The van der Waals surface area contributed by atoms with Gasteiger partial charge in [0, 0.05) is 6.54 Å². The van der Waals surface area contributed by atoms with Crippen molar-refractivity contribution in [2.75, 3.05) is 39.3 Å². The molecular formula is C26H38N4. The molecule has 5 N–H and O–H groups in total. The van der Waals surface area contributed by atoms with Gasteiger partial charge in [-0.2, -0.15) is 0 Å². The smallest absolute Gasteiger partial charge is 0.0217 e. The number of nitrogens with two attached hydrogens (primary N) is 2. The minimum Gasteiger partial charge on any atom is -0.330 e. The van der Waals surface area contributed by atoms with Gasteiger partial charge in [-0.25, -0.2) is 0 Å². The highest BCUT2D eigenvalue weighted by Gasteiger charge is 2.07. The van der Waals surface area contributed by atoms with E-state index in [1.54, 1.807) is 0 Å². The van der Waals surface area contributed by atoms with Gasteiger partial charge in [-0.1, -0.05) is 48.5 Å². The first-order valence-corrected chi connectivity index (χ1v) is 11.6. The van der Waals surface area contributed by atoms with Crippen LogP contribution >= 0.6 is 0 Å². The van der Waals surface area contributed by atoms with Gasteiger partial charge in [0.2, 0.25) is 0 Å². The van der Waals surface area contributed by atoms with E-state index in [-0.39, 0.29) is 0 Å². The highest BCUT2D eigenvalue weighted by molar-refractivity contribution is 6.02. The Bertz CT molecular complexity index is 838. The van der Waals surface area contributed by atoms with Gasteiger partial charge < -0.3 is 21.7 Å². The molecule has 0 saturated heterocycles. The first-order chi connectivity index (χ1) is 14.8. The second-order valence-corrected chi connectivity index (χ2v) is 8.16. The van der Waals surface area contributed by atoms with Crippen LogP contribution in [-0.4, -0.2) is 44.2 Å². The van der Waals surface area contributed by atoms with Crippen molar-refractivity contribution in [2.24, 2.45) is 11.5 Å². The molecule has 0 bridgehead atoms. The lowest BCUT2D eigenvalue weighted by Crippen LogP contribution is -2.29. The van der Waals surface area contributed by atoms with E-state index in [4.69, 9.17) is 11.5 Å². The third kappa shape index (κ3) is 6.51. The van der Waals surface area contributed by atoms with Crippen LogP contribution in [0.4, 0.5) is 0 Å². The number of hydrogen-bond donors (Lipinski definition) is 3. The molecule has 3 rings (SSSR count). The molecule has 0 radical (unpaired) electrons. The lowest BCUT2D eigenvalue weighted by atomic mass is 9.97. The van der Waals surface area contributed by atoms with Gasteiger partial charge in [-0.15, -0.1) is 0 Å². The first-order valence-electron chi connectivity index (χ1n) is 11.6. The number of benzene rings is 3. The van der Waals surface area contributed by atoms with E-state index in [0.717, 1.165) is 58.7 Å². The maximum absolute atomic E-state index is 5.70. The molecule has 0 heterocycles. The van der Waals surface area contributed by atoms with Gasteiger partial charge in [-0.3, -0.25) is 0 Å². The summed E-state index contributed by atoms with van der Waals surface area (Å²) >= 11 is 0. The molecule has 30 heavy (non-hydrogen) atoms. The van der Waals surface area contributed by atoms with E-state index in [1.807, 2.05) is 0 Å². The second-order valence-electron chi connectivity index (χ2n) is 8.16. The summed E-state index contributed by atoms with van der Waals surface area (Å²) in [7, 11) is 0. The van der Waals surface area contributed by atoms with Crippen LogP contribution in [0.25, 0.3) is 21.5 Å². The molecule has 0 saturated carbocycles. The van der Waals surface area contributed by atoms with Gasteiger partial charge in [0.1, 0.15) is 0 Å². The van der Waals surface area contributed by atoms with Crippen molar-refractivity contribution in [3.63, 3.8) is 0 Å². The molecule has 0 aliphatic heterocycles. The van der Waals surface area contributed by atoms with Crippen LogP contribution in [0.15, 0.2) is 54.6 Å². The summed E-state index contributed by atoms with van der Waals surface area (Å²) < 4.78 is 0. The molecule has 3 aromatic rings. The predicted molar refractivity (Wildman–Crippen MR) is 131 cm³/mol. The molecular weight excluding hydrogens is 368 g/mol. The van der Waals surface area contributed by atoms with Gasteiger partial charge in [0.15, 0.2) is 0 Å². The number of rotatable bonds is 14. The largest absolute Gasteiger partial charge is 0.330 e. The molecule has 3 aromatic carbocycles. The molecule has 0 aromatic heterocycles. The van der Waals surface area contributed by atoms with Crippen molar-refractivity contribution in [1.29, 1.82) is 0 Å². The van der Waals surface area contributed by atoms with Crippen LogP contribution in [0.3, 0.4) is 0 Å². The van der Waals surface area contributed by atoms with Gasteiger partial charge >= 0.3 is 0 Å². The van der Waals surface area contributed by atoms with Gasteiger partial charge in [0.05, 0.1) is 0 Å². The maximum atomic E-state index is 5.70. The fourth-order valence-electron chi connectivity index (χ4n) is 4.23. The third-order valence-electron chi connectivity index (χ3n) is 5.87. The Morgan fingerprint density at radius 1 is 0.667 bits per heavy atom. The van der Waals surface area contributed by atoms with Gasteiger partial charge in [-0.05, 0) is 105 Å². The molecule has 0 amide bonds. The normalized spacial score (nSPS) is 11.7. The number of fused-ring (bicyclic) bond motifs is 2. The minimum atomic E-state index is 0.772. The summed E-state index contributed by atoms with van der Waals surface area (Å²) in [5.74, 6) is 0. The summed E-state index contributed by atoms with van der Waals surface area (Å²) in [5.41, 5.74) is 12.8. The van der Waals surface area contributed by atoms with E-state index in [1.165, 1.54) is 46.4 Å². The van der Waals surface area contributed by atoms with E-state index < -0.39 is 0 Å². The average Bonchev–Trinajstić information content (AvgIpc) is 2.78. The predicted octanol–water partition coefficient (Wildman–Crippen LogP) is 4.25. The van der Waals surface area contributed by atoms with Crippen LogP contribution in [0.5, 0.6) is 0 Å². The first kappa shape index (κ1) is 22.7. The molecule has 0 unspecified atom stereocenters. The molecule has 0 aliphatic rings. The Labute approximate surface area is 181 Å². The average molecular weight is 407 g/mol. The van der Waals surface area contributed by atoms with Crippen LogP contribution in [0.1, 0.15) is 37.7 Å². The molecule has 0 spiro atoms. The topological polar surface area (TPSA) is 67.3 Å². The zero-order chi connectivity index (χ0) is 21.0. The zero-order valence-corrected chi connectivity index (χ0v) is 18.3. The van der Waals surface area contributed by atoms with Crippen LogP contribution in [-0.2, 0) is 6.54 Å². The van der Waals surface area contributed by atoms with Gasteiger partial charge in [0.25, 0.3) is 0 Å². The minimum absolute atomic E-state index is 0.772. The fourth-order valence-corrected chi connectivity index (χ4v) is 4.23. The maximum Gasteiger partial charge on any atom is 0.0217 e. The Kier molecular flexibility index (Phi) is 9.58. The highest BCUT2D eigenvalue weighted by atomic mass is 15.1. The second kappa shape index (κ2) is 12.7. The van der Waals surface area contributed by atoms with Crippen LogP contribution in [0, 0.1) is 0 Å². The van der Waals surface area contributed by atoms with Crippen molar-refractivity contribution >= 4 is 21.5 Å². The Morgan fingerprint density at radius 3 is 1.87 bits per heavy atom. The fraction of sp³-hybridized carbons (Fsp3) is 0.462. The standard InChI is InChI=1S/C26H38N4/c27-14-5-7-17-30(19-9-15-28)18-8-6-16-29-21-26-24-12-3-1-10-22(24)20-23-11-2-4-13-25(23)26/h1-4,10-13,20,29H,5-9,14-19,21,27-28H2. The zero-order valence-electron chi connectivity index (χ0n) is 18.3. The SMILES string of the molecule is NCCCCN(CCCN)CCCCNCc1c2ccccc2cc2ccccc12. The van der Waals surface area contributed by atoms with E-state index in [2.05, 4.69) is 64.8 Å². The Morgan fingerprint density at radius 2 is 1.23 bits per heavy atom. The summed E-state index contributed by atoms with van der Waals surface area (Å²) in [6.45, 7) is 6.93. The lowest BCUT2D eigenvalue weighted by Gasteiger charge is -2.22. The lowest BCUT2D eigenvalue weighted by molar-refractivity contribution is 0.261. The number of nitrogens with one attached hydrogen (secondary N) is 1. The highest BCUT2D eigenvalue weighted by Crippen LogP contribution is 2.28. The van der Waals surface area contributed by atoms with E-state index >= 15 is 0 Å². The Hall–Kier alpha value is -1.98. The van der Waals surface area contributed by atoms with E-state index in [9.17, 15) is 0 Å². The summed E-state index contributed by atoms with van der Waals surface area (Å²) in [4.78, 5) is 2.56. The van der Waals surface area contributed by atoms with Crippen molar-refractivity contribution in [1.82, 2.24) is 10.2 Å². The quantitative estimate of drug-likeness (QED) is 0.276. The number of hydrogen-bond acceptors (Lipinski definition) is 4. The summed E-state index contributed by atoms with van der Waals surface area (Å²) in [5, 5.41) is 9.06. The monoisotopic (exact) mass is 406 g/mol. The Balaban J connectivity index is 1.50. The van der Waals surface area contributed by atoms with Crippen molar-refractivity contribution in [3.8, 4) is 0 Å². The molecule has 0 aliphatic carbocycles. The van der Waals surface area contributed by atoms with E-state index in [0.29, 0.717) is 0 Å². The van der Waals surface area contributed by atoms with Crippen LogP contribution in [0.2, 0.25) is 0 Å². The summed E-state index contributed by atoms with van der Waals surface area (Å²) in [6.07, 6.45) is 5.79. The number of unbranched alkanes of at least 4 members (excludes halogenated alkanes) is 2. The third-order valence-corrected chi connectivity index (χ3v) is 5.87. The molecule has 162 valence electrons. The molecule has 4 nitrogen and oxygen atoms in total. The molecule has 4 heteroatoms. The van der Waals surface area contributed by atoms with Crippen LogP contribution < -0.4 is 16.8 Å². The van der Waals surface area contributed by atoms with Crippen molar-refractivity contribution in [3.05, 3.63) is 60.2 Å². The van der Waals surface area contributed by atoms with Crippen molar-refractivity contribution in [2.45, 2.75) is 38.6 Å². The molecule has 0 fully saturated rings. The van der Waals surface area contributed by atoms with Crippen molar-refractivity contribution < 1.29 is 0 Å². The summed E-state index contributed by atoms with van der Waals surface area (Å²) in [6, 6.07) is 19.7. The number of nitrogens with zero attached hydrogens (tertiary/aromatic N) is 1. The molecule has 0 atom stereocenters.